The fourth-order valence-electron chi connectivity index (χ4n) is 2.64. The van der Waals surface area contributed by atoms with E-state index in [-0.39, 0.29) is 43.1 Å². The molecule has 1 aliphatic carbocycles. The molecule has 1 aromatic carbocycles. The predicted molar refractivity (Wildman–Crippen MR) is 83.6 cm³/mol. The molecule has 24 heavy (non-hydrogen) atoms. The molecular weight excluding hydrogens is 316 g/mol. The zero-order chi connectivity index (χ0) is 17.3. The van der Waals surface area contributed by atoms with Gasteiger partial charge >= 0.3 is 6.09 Å². The minimum absolute atomic E-state index is 0.0156. The minimum Gasteiger partial charge on any atom is -0.465 e. The Hall–Kier alpha value is -2.77. The van der Waals surface area contributed by atoms with Crippen LogP contribution in [0.25, 0.3) is 0 Å². The Bertz CT molecular complexity index is 698. The van der Waals surface area contributed by atoms with Crippen LogP contribution < -0.4 is 14.8 Å². The van der Waals surface area contributed by atoms with Crippen molar-refractivity contribution in [1.29, 1.82) is 0 Å². The van der Waals surface area contributed by atoms with Crippen molar-refractivity contribution in [3.63, 3.8) is 0 Å². The average molecular weight is 334 g/mol. The van der Waals surface area contributed by atoms with Gasteiger partial charge in [-0.2, -0.15) is 0 Å². The summed E-state index contributed by atoms with van der Waals surface area (Å²) in [5.74, 6) is 0.321. The summed E-state index contributed by atoms with van der Waals surface area (Å²) >= 11 is 0. The Kier molecular flexibility index (Phi) is 4.28. The largest absolute Gasteiger partial charge is 0.465 e. The van der Waals surface area contributed by atoms with Crippen LogP contribution in [0, 0.1) is 0 Å². The van der Waals surface area contributed by atoms with E-state index in [0.29, 0.717) is 17.2 Å². The number of rotatable bonds is 6. The lowest BCUT2D eigenvalue weighted by molar-refractivity contribution is -0.114. The smallest absolute Gasteiger partial charge is 0.407 e. The monoisotopic (exact) mass is 334 g/mol. The molecule has 0 bridgehead atoms. The van der Waals surface area contributed by atoms with Crippen LogP contribution >= 0.6 is 0 Å². The lowest BCUT2D eigenvalue weighted by Crippen LogP contribution is -2.33. The van der Waals surface area contributed by atoms with E-state index in [2.05, 4.69) is 5.32 Å². The molecule has 2 aliphatic rings. The summed E-state index contributed by atoms with van der Waals surface area (Å²) in [6.45, 7) is 1.53. The van der Waals surface area contributed by atoms with Gasteiger partial charge in [-0.3, -0.25) is 9.59 Å². The van der Waals surface area contributed by atoms with E-state index in [9.17, 15) is 19.5 Å². The van der Waals surface area contributed by atoms with E-state index in [0.717, 1.165) is 12.8 Å². The van der Waals surface area contributed by atoms with E-state index >= 15 is 0 Å². The number of anilines is 1. The summed E-state index contributed by atoms with van der Waals surface area (Å²) in [7, 11) is 0. The first kappa shape index (κ1) is 16.1. The van der Waals surface area contributed by atoms with Gasteiger partial charge in [0.25, 0.3) is 0 Å². The second-order valence-electron chi connectivity index (χ2n) is 5.81. The predicted octanol–water partition coefficient (Wildman–Crippen LogP) is 2.09. The second-order valence-corrected chi connectivity index (χ2v) is 5.81. The number of hydrogen-bond acceptors (Lipinski definition) is 5. The molecule has 0 radical (unpaired) electrons. The number of hydrogen-bond donors (Lipinski definition) is 2. The van der Waals surface area contributed by atoms with Gasteiger partial charge in [-0.05, 0) is 18.9 Å². The van der Waals surface area contributed by atoms with Crippen molar-refractivity contribution in [2.24, 2.45) is 0 Å². The van der Waals surface area contributed by atoms with E-state index in [1.807, 2.05) is 0 Å². The lowest BCUT2D eigenvalue weighted by atomic mass is 10.0. The van der Waals surface area contributed by atoms with Gasteiger partial charge < -0.3 is 24.8 Å². The van der Waals surface area contributed by atoms with Crippen LogP contribution in [0.5, 0.6) is 11.5 Å². The van der Waals surface area contributed by atoms with E-state index in [1.54, 1.807) is 6.07 Å². The molecule has 2 amide bonds. The van der Waals surface area contributed by atoms with Crippen molar-refractivity contribution in [2.75, 3.05) is 18.7 Å². The van der Waals surface area contributed by atoms with E-state index in [1.165, 1.54) is 17.9 Å². The number of carbonyl (C=O) groups is 3. The number of ketones is 1. The van der Waals surface area contributed by atoms with Crippen molar-refractivity contribution in [2.45, 2.75) is 32.2 Å². The highest BCUT2D eigenvalue weighted by Crippen LogP contribution is 2.37. The minimum atomic E-state index is -1.02. The molecule has 0 aromatic heterocycles. The average Bonchev–Trinajstić information content (AvgIpc) is 3.23. The number of benzene rings is 1. The molecule has 8 nitrogen and oxygen atoms in total. The molecule has 0 saturated heterocycles. The normalized spacial score (nSPS) is 15.0. The molecule has 0 spiro atoms. The number of ether oxygens (including phenoxy) is 2. The number of nitrogens with one attached hydrogen (secondary N) is 1. The molecule has 128 valence electrons. The SMILES string of the molecule is CC(=O)Nc1cc2c(cc1C(=O)CCN(C(=O)O)C1CC1)OCO2. The summed E-state index contributed by atoms with van der Waals surface area (Å²) in [6.07, 6.45) is 0.691. The number of fused-ring (bicyclic) bond motifs is 1. The van der Waals surface area contributed by atoms with Crippen molar-refractivity contribution >= 4 is 23.5 Å². The molecule has 1 aliphatic heterocycles. The molecule has 1 aromatic rings. The second kappa shape index (κ2) is 6.38. The summed E-state index contributed by atoms with van der Waals surface area (Å²) in [4.78, 5) is 36.4. The Morgan fingerprint density at radius 2 is 1.92 bits per heavy atom. The lowest BCUT2D eigenvalue weighted by Gasteiger charge is -2.18. The van der Waals surface area contributed by atoms with E-state index < -0.39 is 6.09 Å². The zero-order valence-electron chi connectivity index (χ0n) is 13.2. The standard InChI is InChI=1S/C16H18N2O6/c1-9(19)17-12-7-15-14(23-8-24-15)6-11(12)13(20)4-5-18(16(21)22)10-2-3-10/h6-7,10H,2-5,8H2,1H3,(H,17,19)(H,21,22). The van der Waals surface area contributed by atoms with Gasteiger partial charge in [0.15, 0.2) is 17.3 Å². The quantitative estimate of drug-likeness (QED) is 0.772. The van der Waals surface area contributed by atoms with Crippen molar-refractivity contribution < 1.29 is 29.0 Å². The topological polar surface area (TPSA) is 105 Å². The van der Waals surface area contributed by atoms with Crippen LogP contribution in [-0.2, 0) is 4.79 Å². The number of carboxylic acid groups (broad SMARTS) is 1. The molecule has 0 atom stereocenters. The molecule has 2 N–H and O–H groups in total. The number of amides is 2. The molecule has 8 heteroatoms. The van der Waals surface area contributed by atoms with Crippen molar-refractivity contribution in [3.8, 4) is 11.5 Å². The molecule has 1 saturated carbocycles. The Labute approximate surface area is 138 Å². The van der Waals surface area contributed by atoms with Gasteiger partial charge in [0, 0.05) is 37.6 Å². The number of nitrogens with zero attached hydrogens (tertiary/aromatic N) is 1. The Morgan fingerprint density at radius 1 is 1.25 bits per heavy atom. The van der Waals surface area contributed by atoms with Crippen LogP contribution in [0.4, 0.5) is 10.5 Å². The zero-order valence-corrected chi connectivity index (χ0v) is 13.2. The first-order valence-corrected chi connectivity index (χ1v) is 7.69. The third-order valence-electron chi connectivity index (χ3n) is 3.94. The summed E-state index contributed by atoms with van der Waals surface area (Å²) in [6, 6.07) is 3.09. The third kappa shape index (κ3) is 3.42. The highest BCUT2D eigenvalue weighted by atomic mass is 16.7. The Morgan fingerprint density at radius 3 is 2.50 bits per heavy atom. The van der Waals surface area contributed by atoms with Gasteiger partial charge in [0.2, 0.25) is 12.7 Å². The summed E-state index contributed by atoms with van der Waals surface area (Å²) in [5, 5.41) is 11.8. The summed E-state index contributed by atoms with van der Waals surface area (Å²) in [5.41, 5.74) is 0.626. The van der Waals surface area contributed by atoms with Gasteiger partial charge in [0.1, 0.15) is 0 Å². The maximum Gasteiger partial charge on any atom is 0.407 e. The molecular formula is C16H18N2O6. The fraction of sp³-hybridized carbons (Fsp3) is 0.438. The number of Topliss-reactive ketones (excluding diaryl/α,β-unsaturated/α-hetero) is 1. The highest BCUT2D eigenvalue weighted by Gasteiger charge is 2.33. The number of carbonyl (C=O) groups excluding carboxylic acids is 2. The maximum atomic E-state index is 12.5. The Balaban J connectivity index is 1.77. The fourth-order valence-corrected chi connectivity index (χ4v) is 2.64. The molecule has 3 rings (SSSR count). The van der Waals surface area contributed by atoms with Crippen LogP contribution in [-0.4, -0.2) is 47.2 Å². The summed E-state index contributed by atoms with van der Waals surface area (Å²) < 4.78 is 10.5. The third-order valence-corrected chi connectivity index (χ3v) is 3.94. The van der Waals surface area contributed by atoms with Crippen molar-refractivity contribution in [3.05, 3.63) is 17.7 Å². The van der Waals surface area contributed by atoms with Gasteiger partial charge in [0.05, 0.1) is 5.69 Å². The molecule has 0 unspecified atom stereocenters. The van der Waals surface area contributed by atoms with Crippen LogP contribution in [0.15, 0.2) is 12.1 Å². The van der Waals surface area contributed by atoms with Crippen molar-refractivity contribution in [1.82, 2.24) is 4.90 Å². The highest BCUT2D eigenvalue weighted by molar-refractivity contribution is 6.05. The van der Waals surface area contributed by atoms with Gasteiger partial charge in [-0.15, -0.1) is 0 Å². The van der Waals surface area contributed by atoms with Crippen LogP contribution in [0.1, 0.15) is 36.5 Å². The first-order chi connectivity index (χ1) is 11.5. The van der Waals surface area contributed by atoms with E-state index in [4.69, 9.17) is 9.47 Å². The molecule has 1 heterocycles. The molecule has 1 fully saturated rings. The van der Waals surface area contributed by atoms with Gasteiger partial charge in [-0.1, -0.05) is 0 Å². The first-order valence-electron chi connectivity index (χ1n) is 7.69. The van der Waals surface area contributed by atoms with Crippen LogP contribution in [0.3, 0.4) is 0 Å². The van der Waals surface area contributed by atoms with Gasteiger partial charge in [-0.25, -0.2) is 4.79 Å². The maximum absolute atomic E-state index is 12.5. The van der Waals surface area contributed by atoms with Crippen LogP contribution in [0.2, 0.25) is 0 Å².